The maximum Gasteiger partial charge on any atom is 0.0618 e. The van der Waals surface area contributed by atoms with E-state index in [-0.39, 0.29) is 5.41 Å². The molecule has 0 unspecified atom stereocenters. The Labute approximate surface area is 358 Å². The molecule has 0 spiro atoms. The van der Waals surface area contributed by atoms with Crippen LogP contribution in [0.2, 0.25) is 0 Å². The third kappa shape index (κ3) is 6.27. The minimum atomic E-state index is -0.290. The Bertz CT molecular complexity index is 3200. The normalized spacial score (nSPS) is 12.9. The summed E-state index contributed by atoms with van der Waals surface area (Å²) in [6.07, 6.45) is 0. The van der Waals surface area contributed by atoms with E-state index in [1.165, 1.54) is 83.1 Å². The van der Waals surface area contributed by atoms with Crippen LogP contribution in [0, 0.1) is 0 Å². The second-order valence-electron chi connectivity index (χ2n) is 16.6. The van der Waals surface area contributed by atoms with Gasteiger partial charge in [-0.1, -0.05) is 190 Å². The van der Waals surface area contributed by atoms with Crippen molar-refractivity contribution >= 4 is 55.7 Å². The van der Waals surface area contributed by atoms with Gasteiger partial charge in [-0.2, -0.15) is 0 Å². The molecule has 0 fully saturated rings. The van der Waals surface area contributed by atoms with Gasteiger partial charge in [0.1, 0.15) is 0 Å². The number of rotatable bonds is 7. The van der Waals surface area contributed by atoms with Crippen LogP contribution in [0.15, 0.2) is 231 Å². The van der Waals surface area contributed by atoms with Gasteiger partial charge in [0.25, 0.3) is 0 Å². The summed E-state index contributed by atoms with van der Waals surface area (Å²) in [6.45, 7) is 4.78. The smallest absolute Gasteiger partial charge is 0.0618 e. The van der Waals surface area contributed by atoms with E-state index in [1.807, 2.05) is 0 Å². The Hall–Kier alpha value is -7.68. The van der Waals surface area contributed by atoms with Crippen LogP contribution < -0.4 is 9.80 Å². The van der Waals surface area contributed by atoms with Crippen LogP contribution in [0.3, 0.4) is 0 Å². The van der Waals surface area contributed by atoms with Crippen LogP contribution in [0.1, 0.15) is 25.0 Å². The van der Waals surface area contributed by atoms with E-state index in [9.17, 15) is 0 Å². The van der Waals surface area contributed by atoms with Crippen molar-refractivity contribution in [2.24, 2.45) is 0 Å². The minimum absolute atomic E-state index is 0.290. The summed E-state index contributed by atoms with van der Waals surface area (Å²) in [5, 5.41) is 4.92. The highest BCUT2D eigenvalue weighted by Gasteiger charge is 2.39. The largest absolute Gasteiger partial charge is 0.311 e. The van der Waals surface area contributed by atoms with Crippen LogP contribution in [0.25, 0.3) is 54.9 Å². The first-order valence-electron chi connectivity index (χ1n) is 21.2. The molecule has 2 nitrogen and oxygen atoms in total. The van der Waals surface area contributed by atoms with Crippen LogP contribution in [-0.4, -0.2) is 0 Å². The van der Waals surface area contributed by atoms with E-state index in [2.05, 4.69) is 254 Å². The molecule has 10 aromatic carbocycles. The molecule has 0 N–H and O–H groups in total. The summed E-state index contributed by atoms with van der Waals surface area (Å²) in [6, 6.07) is 84.1. The number of para-hydroxylation sites is 2. The molecule has 0 radical (unpaired) electrons. The third-order valence-corrected chi connectivity index (χ3v) is 12.6. The van der Waals surface area contributed by atoms with Gasteiger partial charge in [-0.3, -0.25) is 0 Å². The van der Waals surface area contributed by atoms with Crippen molar-refractivity contribution in [3.05, 3.63) is 242 Å². The van der Waals surface area contributed by atoms with Crippen LogP contribution >= 0.6 is 0 Å². The fourth-order valence-electron chi connectivity index (χ4n) is 9.66. The number of anilines is 6. The van der Waals surface area contributed by atoms with Crippen molar-refractivity contribution in [1.82, 2.24) is 0 Å². The van der Waals surface area contributed by atoms with Gasteiger partial charge in [-0.25, -0.2) is 0 Å². The summed E-state index contributed by atoms with van der Waals surface area (Å²) in [5.41, 5.74) is 16.5. The molecule has 2 heteroatoms. The number of hydrogen-bond donors (Lipinski definition) is 0. The highest BCUT2D eigenvalue weighted by Crippen LogP contribution is 2.57. The second-order valence-corrected chi connectivity index (χ2v) is 16.6. The summed E-state index contributed by atoms with van der Waals surface area (Å²) >= 11 is 0. The Morgan fingerprint density at radius 3 is 1.66 bits per heavy atom. The van der Waals surface area contributed by atoms with E-state index in [1.54, 1.807) is 0 Å². The third-order valence-electron chi connectivity index (χ3n) is 12.6. The first-order valence-corrected chi connectivity index (χ1v) is 21.2. The molecule has 0 aliphatic carbocycles. The quantitative estimate of drug-likeness (QED) is 0.159. The monoisotopic (exact) mass is 780 g/mol. The Kier molecular flexibility index (Phi) is 8.86. The van der Waals surface area contributed by atoms with Gasteiger partial charge in [0.15, 0.2) is 0 Å². The topological polar surface area (TPSA) is 6.48 Å². The van der Waals surface area contributed by atoms with Gasteiger partial charge in [0.05, 0.1) is 17.1 Å². The highest BCUT2D eigenvalue weighted by molar-refractivity contribution is 6.08. The average molecular weight is 781 g/mol. The van der Waals surface area contributed by atoms with Crippen molar-refractivity contribution < 1.29 is 0 Å². The van der Waals surface area contributed by atoms with Gasteiger partial charge in [-0.15, -0.1) is 0 Å². The van der Waals surface area contributed by atoms with Crippen molar-refractivity contribution in [3.8, 4) is 33.4 Å². The standard InChI is InChI=1S/C59H44N2/c1-59(2)54-25-13-14-26-55(54)61(58-52-23-12-11-19-44(52)34-39-53(58)47-29-28-42-18-9-10-20-46(42)40-47)56-27-15-24-51(57(56)59)45-32-37-50(38-33-45)60(48-21-7-4-8-22-48)49-35-30-43(31-36-49)41-16-5-3-6-17-41/h3-40H,1-2H3. The number of hydrogen-bond acceptors (Lipinski definition) is 2. The molecule has 1 heterocycles. The molecular weight excluding hydrogens is 737 g/mol. The number of nitrogens with zero attached hydrogens (tertiary/aromatic N) is 2. The van der Waals surface area contributed by atoms with E-state index in [0.717, 1.165) is 17.1 Å². The lowest BCUT2D eigenvalue weighted by Gasteiger charge is -2.44. The van der Waals surface area contributed by atoms with Gasteiger partial charge in [-0.05, 0) is 110 Å². The fourth-order valence-corrected chi connectivity index (χ4v) is 9.66. The van der Waals surface area contributed by atoms with Gasteiger partial charge < -0.3 is 9.80 Å². The predicted molar refractivity (Wildman–Crippen MR) is 259 cm³/mol. The summed E-state index contributed by atoms with van der Waals surface area (Å²) in [5.74, 6) is 0. The SMILES string of the molecule is CC1(C)c2ccccc2N(c2c(-c3ccc4ccccc4c3)ccc3ccccc23)c2cccc(-c3ccc(N(c4ccccc4)c4ccc(-c5ccccc5)cc4)cc3)c21. The van der Waals surface area contributed by atoms with E-state index < -0.39 is 0 Å². The first kappa shape index (κ1) is 36.4. The molecule has 0 amide bonds. The molecule has 0 saturated carbocycles. The van der Waals surface area contributed by atoms with Crippen LogP contribution in [-0.2, 0) is 5.41 Å². The zero-order chi connectivity index (χ0) is 40.9. The van der Waals surface area contributed by atoms with Gasteiger partial charge >= 0.3 is 0 Å². The zero-order valence-electron chi connectivity index (χ0n) is 34.3. The molecule has 1 aliphatic heterocycles. The summed E-state index contributed by atoms with van der Waals surface area (Å²) < 4.78 is 0. The summed E-state index contributed by atoms with van der Waals surface area (Å²) in [7, 11) is 0. The van der Waals surface area contributed by atoms with Crippen molar-refractivity contribution in [3.63, 3.8) is 0 Å². The van der Waals surface area contributed by atoms with Crippen molar-refractivity contribution in [2.45, 2.75) is 19.3 Å². The fraction of sp³-hybridized carbons (Fsp3) is 0.0508. The van der Waals surface area contributed by atoms with E-state index in [4.69, 9.17) is 0 Å². The van der Waals surface area contributed by atoms with Crippen LogP contribution in [0.4, 0.5) is 34.1 Å². The van der Waals surface area contributed by atoms with Gasteiger partial charge in [0.2, 0.25) is 0 Å². The first-order chi connectivity index (χ1) is 30.0. The maximum absolute atomic E-state index is 2.55. The molecule has 0 atom stereocenters. The second kappa shape index (κ2) is 14.9. The molecule has 1 aliphatic rings. The molecule has 0 saturated heterocycles. The number of benzene rings is 10. The molecule has 10 aromatic rings. The lowest BCUT2D eigenvalue weighted by Crippen LogP contribution is -2.31. The molecule has 290 valence electrons. The lowest BCUT2D eigenvalue weighted by molar-refractivity contribution is 0.634. The Morgan fingerprint density at radius 1 is 0.361 bits per heavy atom. The highest BCUT2D eigenvalue weighted by atomic mass is 15.2. The Balaban J connectivity index is 1.07. The van der Waals surface area contributed by atoms with Crippen LogP contribution in [0.5, 0.6) is 0 Å². The van der Waals surface area contributed by atoms with E-state index >= 15 is 0 Å². The number of fused-ring (bicyclic) bond motifs is 4. The molecular formula is C59H44N2. The zero-order valence-corrected chi connectivity index (χ0v) is 34.3. The molecule has 0 aromatic heterocycles. The van der Waals surface area contributed by atoms with E-state index in [0.29, 0.717) is 0 Å². The minimum Gasteiger partial charge on any atom is -0.311 e. The van der Waals surface area contributed by atoms with Crippen molar-refractivity contribution in [1.29, 1.82) is 0 Å². The Morgan fingerprint density at radius 2 is 0.902 bits per heavy atom. The summed E-state index contributed by atoms with van der Waals surface area (Å²) in [4.78, 5) is 4.90. The molecule has 11 rings (SSSR count). The predicted octanol–water partition coefficient (Wildman–Crippen LogP) is 16.6. The van der Waals surface area contributed by atoms with Gasteiger partial charge in [0, 0.05) is 33.4 Å². The van der Waals surface area contributed by atoms with Crippen molar-refractivity contribution in [2.75, 3.05) is 9.80 Å². The maximum atomic E-state index is 2.55. The molecule has 0 bridgehead atoms. The lowest BCUT2D eigenvalue weighted by atomic mass is 9.70. The average Bonchev–Trinajstić information content (AvgIpc) is 3.32. The molecule has 61 heavy (non-hydrogen) atoms.